The Morgan fingerprint density at radius 3 is 2.37 bits per heavy atom. The number of halogens is 1. The summed E-state index contributed by atoms with van der Waals surface area (Å²) in [5.74, 6) is -0.302. The molecule has 11 heteroatoms. The van der Waals surface area contributed by atoms with Crippen molar-refractivity contribution in [3.05, 3.63) is 107 Å². The van der Waals surface area contributed by atoms with E-state index in [4.69, 9.17) is 10.1 Å². The van der Waals surface area contributed by atoms with Crippen LogP contribution in [0.5, 0.6) is 5.75 Å². The maximum absolute atomic E-state index is 13.1. The fourth-order valence-corrected chi connectivity index (χ4v) is 5.14. The number of anilines is 2. The summed E-state index contributed by atoms with van der Waals surface area (Å²) in [6.07, 6.45) is 3.78. The number of carbonyl (C=O) groups excluding carboxylic acids is 2. The maximum Gasteiger partial charge on any atom is 0.251 e. The monoisotopic (exact) mass is 623 g/mol. The third kappa shape index (κ3) is 8.89. The summed E-state index contributed by atoms with van der Waals surface area (Å²) in [4.78, 5) is 34.9. The van der Waals surface area contributed by atoms with E-state index in [-0.39, 0.29) is 36.1 Å². The van der Waals surface area contributed by atoms with E-state index in [1.807, 2.05) is 37.3 Å². The second kappa shape index (κ2) is 15.1. The van der Waals surface area contributed by atoms with E-state index in [0.717, 1.165) is 42.6 Å². The molecule has 1 aliphatic rings. The molecule has 4 aromatic rings. The standard InChI is InChI=1S/C35H38FN7O3/c1-3-46-31-21-25(34(45)40-29-16-18-43(2)19-17-29)8-14-30(31)41-35(37)42-32-15-9-26(22-38-32)24-6-12-28(13-7-24)39-33(44)20-23-4-10-27(36)11-5-23/h4-15,21-22,29H,3,16-20H2,1-2H3,(H,39,44)(H,40,45)(H3,37,38,41,42). The van der Waals surface area contributed by atoms with Crippen LogP contribution in [0.4, 0.5) is 15.8 Å². The number of piperidine rings is 1. The summed E-state index contributed by atoms with van der Waals surface area (Å²) in [5, 5.41) is 17.3. The van der Waals surface area contributed by atoms with Gasteiger partial charge in [-0.05, 0) is 111 Å². The highest BCUT2D eigenvalue weighted by Crippen LogP contribution is 2.27. The largest absolute Gasteiger partial charge is 0.492 e. The second-order valence-electron chi connectivity index (χ2n) is 11.2. The third-order valence-corrected chi connectivity index (χ3v) is 7.66. The number of rotatable bonds is 9. The molecule has 238 valence electrons. The van der Waals surface area contributed by atoms with Crippen molar-refractivity contribution in [2.75, 3.05) is 37.4 Å². The van der Waals surface area contributed by atoms with Gasteiger partial charge in [0.2, 0.25) is 11.9 Å². The molecule has 2 heterocycles. The third-order valence-electron chi connectivity index (χ3n) is 7.66. The van der Waals surface area contributed by atoms with Crippen LogP contribution >= 0.6 is 0 Å². The first-order valence-corrected chi connectivity index (χ1v) is 15.3. The van der Waals surface area contributed by atoms with Crippen molar-refractivity contribution in [3.8, 4) is 16.9 Å². The number of carbonyl (C=O) groups is 2. The van der Waals surface area contributed by atoms with Gasteiger partial charge in [-0.15, -0.1) is 0 Å². The predicted molar refractivity (Wildman–Crippen MR) is 177 cm³/mol. The number of aromatic nitrogens is 1. The normalized spacial score (nSPS) is 14.0. The molecule has 1 saturated heterocycles. The quantitative estimate of drug-likeness (QED) is 0.130. The minimum absolute atomic E-state index is 0.103. The minimum Gasteiger partial charge on any atom is -0.492 e. The van der Waals surface area contributed by atoms with Crippen molar-refractivity contribution >= 4 is 29.1 Å². The molecule has 2 amide bonds. The number of hydrogen-bond acceptors (Lipinski definition) is 5. The van der Waals surface area contributed by atoms with E-state index in [0.29, 0.717) is 34.8 Å². The second-order valence-corrected chi connectivity index (χ2v) is 11.2. The van der Waals surface area contributed by atoms with Crippen LogP contribution in [0.25, 0.3) is 11.1 Å². The van der Waals surface area contributed by atoms with E-state index in [2.05, 4.69) is 37.9 Å². The van der Waals surface area contributed by atoms with Crippen LogP contribution in [0.3, 0.4) is 0 Å². The molecule has 1 aliphatic heterocycles. The van der Waals surface area contributed by atoms with E-state index in [1.165, 1.54) is 12.1 Å². The van der Waals surface area contributed by atoms with Gasteiger partial charge in [-0.25, -0.2) is 4.39 Å². The molecule has 0 unspecified atom stereocenters. The van der Waals surface area contributed by atoms with Crippen molar-refractivity contribution in [3.63, 3.8) is 0 Å². The SMILES string of the molecule is CCOc1cc(C(=O)NC2CCN(C)CC2)ccc1NC(=N)/N=c1/ccc(-c2ccc(NC(=O)Cc3ccc(F)cc3)cc2)c[nH]1. The van der Waals surface area contributed by atoms with Crippen LogP contribution in [0, 0.1) is 11.2 Å². The summed E-state index contributed by atoms with van der Waals surface area (Å²) in [6.45, 7) is 4.18. The first-order chi connectivity index (χ1) is 22.2. The van der Waals surface area contributed by atoms with E-state index < -0.39 is 0 Å². The lowest BCUT2D eigenvalue weighted by Crippen LogP contribution is -2.43. The first kappa shape index (κ1) is 32.1. The van der Waals surface area contributed by atoms with Gasteiger partial charge in [-0.3, -0.25) is 15.0 Å². The van der Waals surface area contributed by atoms with Crippen molar-refractivity contribution in [2.24, 2.45) is 4.99 Å². The average molecular weight is 624 g/mol. The van der Waals surface area contributed by atoms with Crippen LogP contribution in [-0.2, 0) is 11.2 Å². The highest BCUT2D eigenvalue weighted by atomic mass is 19.1. The Morgan fingerprint density at radius 2 is 1.70 bits per heavy atom. The number of pyridine rings is 1. The number of H-pyrrole nitrogens is 1. The predicted octanol–water partition coefficient (Wildman–Crippen LogP) is 5.17. The number of aromatic amines is 1. The van der Waals surface area contributed by atoms with Crippen LogP contribution in [0.2, 0.25) is 0 Å². The highest BCUT2D eigenvalue weighted by molar-refractivity contribution is 5.98. The van der Waals surface area contributed by atoms with Crippen molar-refractivity contribution in [1.29, 1.82) is 5.41 Å². The van der Waals surface area contributed by atoms with Gasteiger partial charge in [-0.2, -0.15) is 4.99 Å². The molecule has 5 N–H and O–H groups in total. The molecule has 1 aromatic heterocycles. The van der Waals surface area contributed by atoms with Gasteiger partial charge in [0.05, 0.1) is 18.7 Å². The average Bonchev–Trinajstić information content (AvgIpc) is 3.05. The Labute approximate surface area is 267 Å². The number of ether oxygens (including phenoxy) is 1. The number of nitrogens with zero attached hydrogens (tertiary/aromatic N) is 2. The Bertz CT molecular complexity index is 1730. The number of likely N-dealkylation sites (tertiary alicyclic amines) is 1. The van der Waals surface area contributed by atoms with E-state index in [1.54, 1.807) is 42.6 Å². The molecule has 10 nitrogen and oxygen atoms in total. The zero-order chi connectivity index (χ0) is 32.5. The molecule has 0 aliphatic carbocycles. The number of nitrogens with one attached hydrogen (secondary N) is 5. The molecule has 3 aromatic carbocycles. The molecule has 0 atom stereocenters. The summed E-state index contributed by atoms with van der Waals surface area (Å²) in [5.41, 5.74) is 4.72. The summed E-state index contributed by atoms with van der Waals surface area (Å²) < 4.78 is 18.9. The first-order valence-electron chi connectivity index (χ1n) is 15.3. The summed E-state index contributed by atoms with van der Waals surface area (Å²) >= 11 is 0. The van der Waals surface area contributed by atoms with Crippen molar-refractivity contribution in [2.45, 2.75) is 32.2 Å². The van der Waals surface area contributed by atoms with Gasteiger partial charge in [-0.1, -0.05) is 24.3 Å². The zero-order valence-corrected chi connectivity index (χ0v) is 25.9. The fraction of sp³-hybridized carbons (Fsp3) is 0.257. The number of hydrogen-bond donors (Lipinski definition) is 5. The lowest BCUT2D eigenvalue weighted by atomic mass is 10.0. The van der Waals surface area contributed by atoms with Gasteiger partial charge in [0, 0.05) is 23.5 Å². The molecule has 0 saturated carbocycles. The zero-order valence-electron chi connectivity index (χ0n) is 25.9. The lowest BCUT2D eigenvalue weighted by Gasteiger charge is -2.29. The fourth-order valence-electron chi connectivity index (χ4n) is 5.14. The van der Waals surface area contributed by atoms with E-state index in [9.17, 15) is 14.0 Å². The number of benzene rings is 3. The van der Waals surface area contributed by atoms with Crippen molar-refractivity contribution in [1.82, 2.24) is 15.2 Å². The molecular formula is C35H38FN7O3. The van der Waals surface area contributed by atoms with E-state index >= 15 is 0 Å². The Hall–Kier alpha value is -5.29. The van der Waals surface area contributed by atoms with Gasteiger partial charge >= 0.3 is 0 Å². The van der Waals surface area contributed by atoms with Crippen molar-refractivity contribution < 1.29 is 18.7 Å². The minimum atomic E-state index is -0.336. The van der Waals surface area contributed by atoms with Crippen LogP contribution in [-0.4, -0.2) is 60.4 Å². The molecule has 46 heavy (non-hydrogen) atoms. The van der Waals surface area contributed by atoms with Crippen LogP contribution < -0.4 is 26.2 Å². The molecular weight excluding hydrogens is 585 g/mol. The van der Waals surface area contributed by atoms with Gasteiger partial charge in [0.15, 0.2) is 0 Å². The Balaban J connectivity index is 1.18. The highest BCUT2D eigenvalue weighted by Gasteiger charge is 2.20. The Kier molecular flexibility index (Phi) is 10.6. The van der Waals surface area contributed by atoms with Gasteiger partial charge in [0.1, 0.15) is 17.1 Å². The van der Waals surface area contributed by atoms with Gasteiger partial charge in [0.25, 0.3) is 5.91 Å². The smallest absolute Gasteiger partial charge is 0.251 e. The summed E-state index contributed by atoms with van der Waals surface area (Å²) in [7, 11) is 2.08. The molecule has 0 radical (unpaired) electrons. The number of amides is 2. The molecule has 0 spiro atoms. The van der Waals surface area contributed by atoms with Crippen LogP contribution in [0.1, 0.15) is 35.7 Å². The molecule has 1 fully saturated rings. The van der Waals surface area contributed by atoms with Crippen LogP contribution in [0.15, 0.2) is 90.1 Å². The lowest BCUT2D eigenvalue weighted by molar-refractivity contribution is -0.115. The topological polar surface area (TPSA) is 135 Å². The molecule has 0 bridgehead atoms. The van der Waals surface area contributed by atoms with Gasteiger partial charge < -0.3 is 30.6 Å². The maximum atomic E-state index is 13.1. The summed E-state index contributed by atoms with van der Waals surface area (Å²) in [6, 6.07) is 22.2. The number of guanidine groups is 1. The Morgan fingerprint density at radius 1 is 0.978 bits per heavy atom. The molecule has 5 rings (SSSR count).